The van der Waals surface area contributed by atoms with Gasteiger partial charge in [-0.25, -0.2) is 4.99 Å². The molecule has 8 nitrogen and oxygen atoms in total. The molecule has 0 bridgehead atoms. The summed E-state index contributed by atoms with van der Waals surface area (Å²) in [5, 5.41) is 25.2. The highest BCUT2D eigenvalue weighted by Crippen LogP contribution is 2.29. The molecule has 166 valence electrons. The van der Waals surface area contributed by atoms with Crippen LogP contribution < -0.4 is 9.47 Å². The lowest BCUT2D eigenvalue weighted by Gasteiger charge is -2.12. The van der Waals surface area contributed by atoms with Crippen LogP contribution in [0.25, 0.3) is 6.08 Å². The number of methoxy groups -OCH3 is 2. The zero-order valence-corrected chi connectivity index (χ0v) is 18.0. The van der Waals surface area contributed by atoms with Crippen molar-refractivity contribution in [3.05, 3.63) is 89.1 Å². The Morgan fingerprint density at radius 3 is 2.12 bits per heavy atom. The van der Waals surface area contributed by atoms with Gasteiger partial charge in [0.1, 0.15) is 5.70 Å². The Bertz CT molecular complexity index is 1280. The molecule has 0 radical (unpaired) electrons. The molecule has 0 saturated heterocycles. The Labute approximate surface area is 190 Å². The average Bonchev–Trinajstić information content (AvgIpc) is 3.15. The maximum atomic E-state index is 13.2. The number of ether oxygens (including phenoxy) is 2. The number of phenolic OH excluding ortho intramolecular Hbond substituents is 2. The van der Waals surface area contributed by atoms with E-state index in [1.165, 1.54) is 37.6 Å². The number of benzene rings is 3. The van der Waals surface area contributed by atoms with Crippen LogP contribution in [0.1, 0.15) is 16.7 Å². The number of nitrogens with zero attached hydrogens (tertiary/aromatic N) is 3. The first-order valence-corrected chi connectivity index (χ1v) is 9.98. The summed E-state index contributed by atoms with van der Waals surface area (Å²) in [5.74, 6) is 0.556. The number of hydrogen-bond donors (Lipinski definition) is 2. The molecule has 0 fully saturated rings. The average molecular weight is 443 g/mol. The number of amidine groups is 1. The fourth-order valence-electron chi connectivity index (χ4n) is 3.23. The highest BCUT2D eigenvalue weighted by atomic mass is 16.5. The van der Waals surface area contributed by atoms with Gasteiger partial charge in [0, 0.05) is 5.56 Å². The Hall–Kier alpha value is -4.59. The molecule has 0 atom stereocenters. The van der Waals surface area contributed by atoms with Crippen molar-refractivity contribution in [3.63, 3.8) is 0 Å². The molecule has 3 aromatic rings. The Balaban J connectivity index is 1.72. The lowest BCUT2D eigenvalue weighted by atomic mass is 10.1. The van der Waals surface area contributed by atoms with Crippen molar-refractivity contribution in [2.75, 3.05) is 14.2 Å². The number of rotatable bonds is 6. The van der Waals surface area contributed by atoms with Gasteiger partial charge in [0.25, 0.3) is 5.91 Å². The summed E-state index contributed by atoms with van der Waals surface area (Å²) in [6, 6.07) is 18.8. The van der Waals surface area contributed by atoms with Crippen molar-refractivity contribution in [1.82, 2.24) is 5.01 Å². The number of aliphatic imine (C=N–C) groups is 1. The Morgan fingerprint density at radius 1 is 0.879 bits per heavy atom. The topological polar surface area (TPSA) is 104 Å². The van der Waals surface area contributed by atoms with Crippen LogP contribution in [0.4, 0.5) is 0 Å². The van der Waals surface area contributed by atoms with Gasteiger partial charge >= 0.3 is 0 Å². The number of amides is 1. The number of hydrazone groups is 1. The zero-order valence-electron chi connectivity index (χ0n) is 18.0. The van der Waals surface area contributed by atoms with Crippen LogP contribution in [0.3, 0.4) is 0 Å². The predicted octanol–water partition coefficient (Wildman–Crippen LogP) is 3.78. The first kappa shape index (κ1) is 21.6. The van der Waals surface area contributed by atoms with Crippen molar-refractivity contribution in [2.45, 2.75) is 0 Å². The summed E-state index contributed by atoms with van der Waals surface area (Å²) in [4.78, 5) is 17.7. The van der Waals surface area contributed by atoms with Gasteiger partial charge in [-0.2, -0.15) is 10.1 Å². The van der Waals surface area contributed by atoms with E-state index in [1.807, 2.05) is 30.3 Å². The Kier molecular flexibility index (Phi) is 6.08. The SMILES string of the molecule is COc1cc(C=C2N=C(c3ccccc3)N(/N=C/c3ccc(O)c(OC)c3)C2=O)ccc1O. The minimum absolute atomic E-state index is 0.00132. The van der Waals surface area contributed by atoms with Gasteiger partial charge in [0.15, 0.2) is 28.8 Å². The predicted molar refractivity (Wildman–Crippen MR) is 125 cm³/mol. The molecule has 8 heteroatoms. The van der Waals surface area contributed by atoms with Gasteiger partial charge in [-0.15, -0.1) is 0 Å². The van der Waals surface area contributed by atoms with Crippen LogP contribution in [-0.4, -0.2) is 47.4 Å². The third-order valence-corrected chi connectivity index (χ3v) is 4.90. The van der Waals surface area contributed by atoms with E-state index in [0.717, 1.165) is 5.56 Å². The van der Waals surface area contributed by atoms with E-state index in [9.17, 15) is 15.0 Å². The molecule has 3 aromatic carbocycles. The summed E-state index contributed by atoms with van der Waals surface area (Å²) < 4.78 is 10.3. The van der Waals surface area contributed by atoms with Crippen LogP contribution in [-0.2, 0) is 4.79 Å². The van der Waals surface area contributed by atoms with E-state index in [-0.39, 0.29) is 17.2 Å². The quantitative estimate of drug-likeness (QED) is 0.446. The molecular formula is C25H21N3O5. The van der Waals surface area contributed by atoms with Crippen molar-refractivity contribution >= 4 is 24.0 Å². The van der Waals surface area contributed by atoms with E-state index in [0.29, 0.717) is 28.5 Å². The second kappa shape index (κ2) is 9.27. The minimum atomic E-state index is -0.414. The maximum Gasteiger partial charge on any atom is 0.298 e. The lowest BCUT2D eigenvalue weighted by molar-refractivity contribution is -0.122. The molecule has 0 unspecified atom stereocenters. The summed E-state index contributed by atoms with van der Waals surface area (Å²) >= 11 is 0. The highest BCUT2D eigenvalue weighted by molar-refractivity contribution is 6.19. The summed E-state index contributed by atoms with van der Waals surface area (Å²) in [6.45, 7) is 0. The normalized spacial score (nSPS) is 14.7. The highest BCUT2D eigenvalue weighted by Gasteiger charge is 2.31. The number of carbonyl (C=O) groups excluding carboxylic acids is 1. The Morgan fingerprint density at radius 2 is 1.48 bits per heavy atom. The zero-order chi connectivity index (χ0) is 23.4. The standard InChI is InChI=1S/C25H21N3O5/c1-32-22-13-16(8-10-20(22)29)12-19-25(31)28(24(27-19)18-6-4-3-5-7-18)26-15-17-9-11-21(30)23(14-17)33-2/h3-15,29-30H,1-2H3/b19-12?,26-15+. The van der Waals surface area contributed by atoms with Gasteiger partial charge in [0.2, 0.25) is 0 Å². The van der Waals surface area contributed by atoms with Gasteiger partial charge in [-0.1, -0.05) is 36.4 Å². The third-order valence-electron chi connectivity index (χ3n) is 4.90. The van der Waals surface area contributed by atoms with Crippen molar-refractivity contribution in [2.24, 2.45) is 10.1 Å². The summed E-state index contributed by atoms with van der Waals surface area (Å²) in [7, 11) is 2.91. The second-order valence-electron chi connectivity index (χ2n) is 7.06. The van der Waals surface area contributed by atoms with Gasteiger partial charge < -0.3 is 19.7 Å². The molecule has 33 heavy (non-hydrogen) atoms. The molecular weight excluding hydrogens is 422 g/mol. The van der Waals surface area contributed by atoms with Crippen molar-refractivity contribution in [1.29, 1.82) is 0 Å². The fourth-order valence-corrected chi connectivity index (χ4v) is 3.23. The number of carbonyl (C=O) groups is 1. The second-order valence-corrected chi connectivity index (χ2v) is 7.06. The molecule has 0 aliphatic carbocycles. The van der Waals surface area contributed by atoms with Gasteiger partial charge in [-0.05, 0) is 47.5 Å². The molecule has 1 heterocycles. The number of aromatic hydroxyl groups is 2. The van der Waals surface area contributed by atoms with Gasteiger partial charge in [0.05, 0.1) is 20.4 Å². The van der Waals surface area contributed by atoms with E-state index in [1.54, 1.807) is 30.3 Å². The first-order valence-electron chi connectivity index (χ1n) is 9.98. The summed E-state index contributed by atoms with van der Waals surface area (Å²) in [6.07, 6.45) is 3.09. The van der Waals surface area contributed by atoms with Crippen molar-refractivity contribution in [3.8, 4) is 23.0 Å². The molecule has 4 rings (SSSR count). The van der Waals surface area contributed by atoms with Crippen LogP contribution >= 0.6 is 0 Å². The molecule has 0 aromatic heterocycles. The van der Waals surface area contributed by atoms with Gasteiger partial charge in [-0.3, -0.25) is 4.79 Å². The fraction of sp³-hybridized carbons (Fsp3) is 0.0800. The number of phenols is 2. The largest absolute Gasteiger partial charge is 0.504 e. The van der Waals surface area contributed by atoms with E-state index in [2.05, 4.69) is 10.1 Å². The summed E-state index contributed by atoms with van der Waals surface area (Å²) in [5.41, 5.74) is 2.17. The van der Waals surface area contributed by atoms with Crippen LogP contribution in [0, 0.1) is 0 Å². The first-order chi connectivity index (χ1) is 16.0. The molecule has 2 N–H and O–H groups in total. The molecule has 1 amide bonds. The molecule has 0 spiro atoms. The monoisotopic (exact) mass is 443 g/mol. The lowest BCUT2D eigenvalue weighted by Crippen LogP contribution is -2.27. The molecule has 0 saturated carbocycles. The molecule has 1 aliphatic heterocycles. The van der Waals surface area contributed by atoms with Crippen LogP contribution in [0.5, 0.6) is 23.0 Å². The third kappa shape index (κ3) is 4.54. The molecule has 1 aliphatic rings. The van der Waals surface area contributed by atoms with E-state index in [4.69, 9.17) is 9.47 Å². The number of hydrogen-bond acceptors (Lipinski definition) is 7. The maximum absolute atomic E-state index is 13.2. The smallest absolute Gasteiger partial charge is 0.298 e. The minimum Gasteiger partial charge on any atom is -0.504 e. The van der Waals surface area contributed by atoms with Crippen LogP contribution in [0.2, 0.25) is 0 Å². The van der Waals surface area contributed by atoms with Crippen LogP contribution in [0.15, 0.2) is 82.5 Å². The van der Waals surface area contributed by atoms with E-state index < -0.39 is 5.91 Å². The van der Waals surface area contributed by atoms with Crippen molar-refractivity contribution < 1.29 is 24.5 Å². The van der Waals surface area contributed by atoms with E-state index >= 15 is 0 Å².